The van der Waals surface area contributed by atoms with Crippen molar-refractivity contribution in [2.75, 3.05) is 18.0 Å². The van der Waals surface area contributed by atoms with Gasteiger partial charge in [-0.25, -0.2) is 4.98 Å². The first-order valence-corrected chi connectivity index (χ1v) is 6.50. The second-order valence-corrected chi connectivity index (χ2v) is 5.39. The van der Waals surface area contributed by atoms with Crippen LogP contribution < -0.4 is 4.90 Å². The Hall–Kier alpha value is -0.800. The van der Waals surface area contributed by atoms with Crippen LogP contribution in [0.25, 0.3) is 0 Å². The zero-order chi connectivity index (χ0) is 12.4. The fourth-order valence-electron chi connectivity index (χ4n) is 2.23. The topological polar surface area (TPSA) is 36.4 Å². The summed E-state index contributed by atoms with van der Waals surface area (Å²) in [7, 11) is 0. The molecule has 2 rings (SSSR count). The maximum atomic E-state index is 9.20. The van der Waals surface area contributed by atoms with Crippen molar-refractivity contribution in [3.8, 4) is 0 Å². The van der Waals surface area contributed by atoms with Crippen LogP contribution in [0.5, 0.6) is 0 Å². The van der Waals surface area contributed by atoms with E-state index in [0.717, 1.165) is 30.4 Å². The van der Waals surface area contributed by atoms with E-state index in [1.54, 1.807) is 6.20 Å². The Labute approximate surface area is 107 Å². The molecule has 17 heavy (non-hydrogen) atoms. The molecule has 2 unspecified atom stereocenters. The molecular formula is C13H19ClN2O. The van der Waals surface area contributed by atoms with E-state index < -0.39 is 0 Å². The number of halogens is 1. The molecule has 0 radical (unpaired) electrons. The minimum atomic E-state index is -0.0336. The zero-order valence-electron chi connectivity index (χ0n) is 10.4. The van der Waals surface area contributed by atoms with Crippen molar-refractivity contribution in [2.24, 2.45) is 11.8 Å². The molecule has 0 amide bonds. The molecule has 0 aliphatic carbocycles. The molecule has 1 fully saturated rings. The van der Waals surface area contributed by atoms with Gasteiger partial charge in [0, 0.05) is 24.8 Å². The van der Waals surface area contributed by atoms with E-state index in [1.807, 2.05) is 6.07 Å². The predicted molar refractivity (Wildman–Crippen MR) is 70.3 cm³/mol. The lowest BCUT2D eigenvalue weighted by molar-refractivity contribution is 0.281. The highest BCUT2D eigenvalue weighted by molar-refractivity contribution is 6.31. The van der Waals surface area contributed by atoms with Crippen LogP contribution in [0.4, 0.5) is 5.82 Å². The smallest absolute Gasteiger partial charge is 0.128 e. The van der Waals surface area contributed by atoms with E-state index in [9.17, 15) is 5.11 Å². The van der Waals surface area contributed by atoms with Gasteiger partial charge in [-0.05, 0) is 24.3 Å². The van der Waals surface area contributed by atoms with Gasteiger partial charge in [0.15, 0.2) is 0 Å². The van der Waals surface area contributed by atoms with Gasteiger partial charge in [-0.1, -0.05) is 25.4 Å². The molecule has 2 atom stereocenters. The summed E-state index contributed by atoms with van der Waals surface area (Å²) in [6, 6.07) is 1.89. The summed E-state index contributed by atoms with van der Waals surface area (Å²) in [4.78, 5) is 6.63. The number of aromatic nitrogens is 1. The highest BCUT2D eigenvalue weighted by Gasteiger charge is 2.23. The van der Waals surface area contributed by atoms with Gasteiger partial charge >= 0.3 is 0 Å². The normalized spacial score (nSPS) is 25.1. The lowest BCUT2D eigenvalue weighted by Crippen LogP contribution is -2.38. The Morgan fingerprint density at radius 3 is 2.88 bits per heavy atom. The highest BCUT2D eigenvalue weighted by Crippen LogP contribution is 2.27. The lowest BCUT2D eigenvalue weighted by atomic mass is 9.89. The van der Waals surface area contributed by atoms with Gasteiger partial charge in [-0.2, -0.15) is 0 Å². The number of aliphatic hydroxyl groups is 1. The minimum absolute atomic E-state index is 0.0336. The quantitative estimate of drug-likeness (QED) is 0.882. The van der Waals surface area contributed by atoms with Crippen LogP contribution in [0.3, 0.4) is 0 Å². The lowest BCUT2D eigenvalue weighted by Gasteiger charge is -2.36. The predicted octanol–water partition coefficient (Wildman–Crippen LogP) is 2.71. The van der Waals surface area contributed by atoms with Crippen LogP contribution >= 0.6 is 11.6 Å². The Kier molecular flexibility index (Phi) is 3.89. The van der Waals surface area contributed by atoms with Crippen molar-refractivity contribution in [1.29, 1.82) is 0 Å². The van der Waals surface area contributed by atoms with Crippen molar-refractivity contribution in [2.45, 2.75) is 26.9 Å². The molecule has 1 N–H and O–H groups in total. The number of nitrogens with zero attached hydrogens (tertiary/aromatic N) is 2. The maximum absolute atomic E-state index is 9.20. The Morgan fingerprint density at radius 2 is 2.24 bits per heavy atom. The molecule has 4 heteroatoms. The Balaban J connectivity index is 2.17. The van der Waals surface area contributed by atoms with E-state index in [1.165, 1.54) is 6.42 Å². The zero-order valence-corrected chi connectivity index (χ0v) is 11.1. The number of anilines is 1. The standard InChI is InChI=1S/C13H19ClN2O/c1-9-3-4-16(7-10(9)2)13-5-11(8-17)12(14)6-15-13/h5-6,9-10,17H,3-4,7-8H2,1-2H3. The van der Waals surface area contributed by atoms with Crippen molar-refractivity contribution >= 4 is 17.4 Å². The van der Waals surface area contributed by atoms with Crippen LogP contribution in [-0.4, -0.2) is 23.2 Å². The Bertz CT molecular complexity index is 397. The fourth-order valence-corrected chi connectivity index (χ4v) is 2.40. The number of rotatable bonds is 2. The molecule has 1 aliphatic rings. The third-order valence-corrected chi connectivity index (χ3v) is 4.09. The monoisotopic (exact) mass is 254 g/mol. The molecule has 0 aromatic carbocycles. The molecule has 0 spiro atoms. The van der Waals surface area contributed by atoms with Crippen LogP contribution in [0.15, 0.2) is 12.3 Å². The molecule has 3 nitrogen and oxygen atoms in total. The van der Waals surface area contributed by atoms with Gasteiger partial charge in [0.25, 0.3) is 0 Å². The van der Waals surface area contributed by atoms with E-state index in [-0.39, 0.29) is 6.61 Å². The second-order valence-electron chi connectivity index (χ2n) is 4.98. The minimum Gasteiger partial charge on any atom is -0.392 e. The van der Waals surface area contributed by atoms with Gasteiger partial charge in [0.2, 0.25) is 0 Å². The van der Waals surface area contributed by atoms with Crippen LogP contribution in [0.2, 0.25) is 5.02 Å². The highest BCUT2D eigenvalue weighted by atomic mass is 35.5. The van der Waals surface area contributed by atoms with E-state index in [4.69, 9.17) is 11.6 Å². The van der Waals surface area contributed by atoms with Gasteiger partial charge in [0.05, 0.1) is 11.6 Å². The summed E-state index contributed by atoms with van der Waals surface area (Å²) < 4.78 is 0. The van der Waals surface area contributed by atoms with Crippen molar-refractivity contribution in [3.63, 3.8) is 0 Å². The first kappa shape index (κ1) is 12.7. The summed E-state index contributed by atoms with van der Waals surface area (Å²) in [6.07, 6.45) is 2.82. The molecule has 1 saturated heterocycles. The third-order valence-electron chi connectivity index (χ3n) is 3.75. The average molecular weight is 255 g/mol. The molecule has 1 aromatic rings. The number of hydrogen-bond acceptors (Lipinski definition) is 3. The molecule has 0 bridgehead atoms. The average Bonchev–Trinajstić information content (AvgIpc) is 2.33. The third kappa shape index (κ3) is 2.72. The second kappa shape index (κ2) is 5.23. The summed E-state index contributed by atoms with van der Waals surface area (Å²) in [5, 5.41) is 9.74. The van der Waals surface area contributed by atoms with Gasteiger partial charge in [-0.3, -0.25) is 0 Å². The van der Waals surface area contributed by atoms with Gasteiger partial charge in [0.1, 0.15) is 5.82 Å². The fraction of sp³-hybridized carbons (Fsp3) is 0.615. The Morgan fingerprint density at radius 1 is 1.47 bits per heavy atom. The van der Waals surface area contributed by atoms with Crippen LogP contribution in [0, 0.1) is 11.8 Å². The summed E-state index contributed by atoms with van der Waals surface area (Å²) in [5.74, 6) is 2.38. The van der Waals surface area contributed by atoms with Crippen LogP contribution in [0.1, 0.15) is 25.8 Å². The van der Waals surface area contributed by atoms with Crippen LogP contribution in [-0.2, 0) is 6.61 Å². The first-order chi connectivity index (χ1) is 8.11. The molecule has 2 heterocycles. The largest absolute Gasteiger partial charge is 0.392 e. The first-order valence-electron chi connectivity index (χ1n) is 6.12. The summed E-state index contributed by atoms with van der Waals surface area (Å²) in [6.45, 7) is 6.61. The van der Waals surface area contributed by atoms with Gasteiger partial charge in [-0.15, -0.1) is 0 Å². The van der Waals surface area contributed by atoms with E-state index >= 15 is 0 Å². The van der Waals surface area contributed by atoms with Gasteiger partial charge < -0.3 is 10.0 Å². The number of pyridine rings is 1. The molecule has 1 aliphatic heterocycles. The maximum Gasteiger partial charge on any atom is 0.128 e. The number of piperidine rings is 1. The van der Waals surface area contributed by atoms with E-state index in [0.29, 0.717) is 10.9 Å². The summed E-state index contributed by atoms with van der Waals surface area (Å²) in [5.41, 5.74) is 0.753. The molecule has 94 valence electrons. The number of hydrogen-bond donors (Lipinski definition) is 1. The van der Waals surface area contributed by atoms with E-state index in [2.05, 4.69) is 23.7 Å². The van der Waals surface area contributed by atoms with Crippen molar-refractivity contribution in [3.05, 3.63) is 22.8 Å². The van der Waals surface area contributed by atoms with Crippen molar-refractivity contribution in [1.82, 2.24) is 4.98 Å². The molecular weight excluding hydrogens is 236 g/mol. The molecule has 0 saturated carbocycles. The number of aliphatic hydroxyl groups excluding tert-OH is 1. The van der Waals surface area contributed by atoms with Crippen molar-refractivity contribution < 1.29 is 5.11 Å². The molecule has 1 aromatic heterocycles. The SMILES string of the molecule is CC1CCN(c2cc(CO)c(Cl)cn2)CC1C. The summed E-state index contributed by atoms with van der Waals surface area (Å²) >= 11 is 5.95.